The van der Waals surface area contributed by atoms with Crippen LogP contribution in [0.15, 0.2) is 29.2 Å². The third kappa shape index (κ3) is 4.59. The van der Waals surface area contributed by atoms with E-state index in [4.69, 9.17) is 29.6 Å². The normalized spacial score (nSPS) is 13.3. The lowest BCUT2D eigenvalue weighted by Gasteiger charge is -2.13. The molecule has 0 amide bonds. The molecule has 0 aliphatic heterocycles. The molecule has 0 aromatic heterocycles. The van der Waals surface area contributed by atoms with Gasteiger partial charge in [0.15, 0.2) is 0 Å². The Hall–Kier alpha value is -0.690. The molecule has 0 bridgehead atoms. The van der Waals surface area contributed by atoms with Crippen molar-refractivity contribution < 1.29 is 8.42 Å². The van der Waals surface area contributed by atoms with Gasteiger partial charge in [-0.05, 0) is 31.2 Å². The van der Waals surface area contributed by atoms with Crippen LogP contribution in [0.2, 0.25) is 5.02 Å². The van der Waals surface area contributed by atoms with Gasteiger partial charge in [-0.1, -0.05) is 23.8 Å². The minimum Gasteiger partial charge on any atom is -0.393 e. The molecule has 0 spiro atoms. The Labute approximate surface area is 111 Å². The quantitative estimate of drug-likeness (QED) is 0.810. The van der Waals surface area contributed by atoms with E-state index in [1.165, 1.54) is 24.3 Å². The van der Waals surface area contributed by atoms with Crippen molar-refractivity contribution in [3.8, 4) is 0 Å². The van der Waals surface area contributed by atoms with E-state index in [9.17, 15) is 8.42 Å². The number of nitrogens with two attached hydrogens (primary N) is 1. The number of rotatable bonds is 5. The van der Waals surface area contributed by atoms with Gasteiger partial charge in [-0.2, -0.15) is 0 Å². The first-order valence-corrected chi connectivity index (χ1v) is 7.14. The van der Waals surface area contributed by atoms with Gasteiger partial charge in [-0.25, -0.2) is 13.1 Å². The summed E-state index contributed by atoms with van der Waals surface area (Å²) in [6, 6.07) is 5.59. The van der Waals surface area contributed by atoms with Crippen LogP contribution in [0.25, 0.3) is 0 Å². The van der Waals surface area contributed by atoms with Crippen molar-refractivity contribution in [3.63, 3.8) is 0 Å². The second-order valence-corrected chi connectivity index (χ2v) is 6.32. The maximum absolute atomic E-state index is 11.9. The van der Waals surface area contributed by atoms with Crippen LogP contribution in [0.5, 0.6) is 0 Å². The summed E-state index contributed by atoms with van der Waals surface area (Å²) in [6.45, 7) is 1.70. The average molecular weight is 293 g/mol. The molecule has 3 N–H and O–H groups in total. The Morgan fingerprint density at radius 2 is 2.00 bits per heavy atom. The lowest BCUT2D eigenvalue weighted by molar-refractivity contribution is 0.565. The lowest BCUT2D eigenvalue weighted by Crippen LogP contribution is -2.35. The molecule has 0 saturated heterocycles. The van der Waals surface area contributed by atoms with Crippen molar-refractivity contribution in [1.82, 2.24) is 4.72 Å². The number of nitrogens with one attached hydrogen (secondary N) is 1. The van der Waals surface area contributed by atoms with Crippen LogP contribution in [-0.4, -0.2) is 19.4 Å². The van der Waals surface area contributed by atoms with Crippen molar-refractivity contribution in [1.29, 1.82) is 0 Å². The summed E-state index contributed by atoms with van der Waals surface area (Å²) in [5.74, 6) is 0. The van der Waals surface area contributed by atoms with Crippen molar-refractivity contribution in [2.45, 2.75) is 24.3 Å². The van der Waals surface area contributed by atoms with Gasteiger partial charge in [-0.3, -0.25) is 0 Å². The van der Waals surface area contributed by atoms with E-state index < -0.39 is 10.0 Å². The fourth-order valence-electron chi connectivity index (χ4n) is 1.29. The molecule has 1 aromatic carbocycles. The van der Waals surface area contributed by atoms with Crippen LogP contribution in [0.1, 0.15) is 13.3 Å². The molecule has 7 heteroatoms. The Morgan fingerprint density at radius 1 is 1.47 bits per heavy atom. The predicted octanol–water partition coefficient (Wildman–Crippen LogP) is 1.68. The van der Waals surface area contributed by atoms with Crippen LogP contribution in [0.3, 0.4) is 0 Å². The summed E-state index contributed by atoms with van der Waals surface area (Å²) in [5, 5.41) is 0.486. The van der Waals surface area contributed by atoms with E-state index in [-0.39, 0.29) is 15.9 Å². The zero-order chi connectivity index (χ0) is 13.1. The number of halogens is 1. The van der Waals surface area contributed by atoms with Gasteiger partial charge in [0.05, 0.1) is 9.88 Å². The third-order valence-electron chi connectivity index (χ3n) is 1.99. The number of benzene rings is 1. The fourth-order valence-corrected chi connectivity index (χ4v) is 2.91. The minimum absolute atomic E-state index is 0.164. The van der Waals surface area contributed by atoms with E-state index in [1.807, 2.05) is 0 Å². The maximum atomic E-state index is 11.9. The molecule has 0 aliphatic carbocycles. The van der Waals surface area contributed by atoms with Crippen molar-refractivity contribution >= 4 is 38.8 Å². The Morgan fingerprint density at radius 3 is 2.47 bits per heavy atom. The Balaban J connectivity index is 2.82. The molecule has 0 fully saturated rings. The first kappa shape index (κ1) is 14.4. The molecule has 94 valence electrons. The zero-order valence-electron chi connectivity index (χ0n) is 9.18. The molecular weight excluding hydrogens is 280 g/mol. The standard InChI is InChI=1S/C10H13ClN2O2S2/c1-7(6-10(12)16)13-17(14,15)9-4-2-8(11)3-5-9/h2-5,7,13H,6H2,1H3,(H2,12,16). The van der Waals surface area contributed by atoms with Gasteiger partial charge in [-0.15, -0.1) is 0 Å². The van der Waals surface area contributed by atoms with Gasteiger partial charge in [0.25, 0.3) is 0 Å². The highest BCUT2D eigenvalue weighted by Crippen LogP contribution is 2.14. The molecule has 17 heavy (non-hydrogen) atoms. The number of hydrogen-bond donors (Lipinski definition) is 2. The first-order chi connectivity index (χ1) is 7.81. The van der Waals surface area contributed by atoms with Crippen LogP contribution in [0.4, 0.5) is 0 Å². The highest BCUT2D eigenvalue weighted by atomic mass is 35.5. The second-order valence-electron chi connectivity index (χ2n) is 3.65. The van der Waals surface area contributed by atoms with Crippen LogP contribution in [0, 0.1) is 0 Å². The number of sulfonamides is 1. The van der Waals surface area contributed by atoms with Gasteiger partial charge in [0, 0.05) is 17.5 Å². The van der Waals surface area contributed by atoms with E-state index in [0.29, 0.717) is 11.4 Å². The molecule has 1 atom stereocenters. The maximum Gasteiger partial charge on any atom is 0.240 e. The van der Waals surface area contributed by atoms with Gasteiger partial charge < -0.3 is 5.73 Å². The summed E-state index contributed by atoms with van der Waals surface area (Å²) >= 11 is 10.4. The van der Waals surface area contributed by atoms with Gasteiger partial charge in [0.2, 0.25) is 10.0 Å². The average Bonchev–Trinajstić information content (AvgIpc) is 2.15. The monoisotopic (exact) mass is 292 g/mol. The van der Waals surface area contributed by atoms with Gasteiger partial charge >= 0.3 is 0 Å². The molecule has 0 radical (unpaired) electrons. The molecule has 1 unspecified atom stereocenters. The molecule has 0 heterocycles. The molecule has 0 aliphatic rings. The third-order valence-corrected chi connectivity index (χ3v) is 4.01. The molecule has 1 aromatic rings. The highest BCUT2D eigenvalue weighted by Gasteiger charge is 2.17. The number of thiocarbonyl (C=S) groups is 1. The van der Waals surface area contributed by atoms with Crippen molar-refractivity contribution in [2.75, 3.05) is 0 Å². The zero-order valence-corrected chi connectivity index (χ0v) is 11.6. The molecular formula is C10H13ClN2O2S2. The van der Waals surface area contributed by atoms with Gasteiger partial charge in [0.1, 0.15) is 0 Å². The Kier molecular flexibility index (Phi) is 4.88. The SMILES string of the molecule is CC(CC(N)=S)NS(=O)(=O)c1ccc(Cl)cc1. The van der Waals surface area contributed by atoms with Crippen LogP contribution >= 0.6 is 23.8 Å². The Bertz CT molecular complexity index is 500. The van der Waals surface area contributed by atoms with Crippen molar-refractivity contribution in [2.24, 2.45) is 5.73 Å². The summed E-state index contributed by atoms with van der Waals surface area (Å²) < 4.78 is 26.3. The molecule has 0 saturated carbocycles. The minimum atomic E-state index is -3.55. The summed E-state index contributed by atoms with van der Waals surface area (Å²) in [6.07, 6.45) is 0.322. The summed E-state index contributed by atoms with van der Waals surface area (Å²) in [4.78, 5) is 0.438. The second kappa shape index (κ2) is 5.77. The van der Waals surface area contributed by atoms with E-state index in [2.05, 4.69) is 4.72 Å². The first-order valence-electron chi connectivity index (χ1n) is 4.87. The fraction of sp³-hybridized carbons (Fsp3) is 0.300. The highest BCUT2D eigenvalue weighted by molar-refractivity contribution is 7.89. The van der Waals surface area contributed by atoms with E-state index >= 15 is 0 Å². The predicted molar refractivity (Wildman–Crippen MR) is 72.6 cm³/mol. The number of hydrogen-bond acceptors (Lipinski definition) is 3. The molecule has 4 nitrogen and oxygen atoms in total. The van der Waals surface area contributed by atoms with Crippen molar-refractivity contribution in [3.05, 3.63) is 29.3 Å². The van der Waals surface area contributed by atoms with E-state index in [1.54, 1.807) is 6.92 Å². The van der Waals surface area contributed by atoms with Crippen LogP contribution in [-0.2, 0) is 10.0 Å². The topological polar surface area (TPSA) is 72.2 Å². The summed E-state index contributed by atoms with van der Waals surface area (Å²) in [5.41, 5.74) is 5.35. The smallest absolute Gasteiger partial charge is 0.240 e. The van der Waals surface area contributed by atoms with Crippen LogP contribution < -0.4 is 10.5 Å². The summed E-state index contributed by atoms with van der Waals surface area (Å²) in [7, 11) is -3.55. The molecule has 1 rings (SSSR count). The largest absolute Gasteiger partial charge is 0.393 e. The lowest BCUT2D eigenvalue weighted by atomic mass is 10.3. The van der Waals surface area contributed by atoms with E-state index in [0.717, 1.165) is 0 Å².